The fourth-order valence-electron chi connectivity index (χ4n) is 2.22. The van der Waals surface area contributed by atoms with Crippen LogP contribution in [0.2, 0.25) is 0 Å². The monoisotopic (exact) mass is 296 g/mol. The molecule has 0 aliphatic heterocycles. The molecule has 21 heavy (non-hydrogen) atoms. The van der Waals surface area contributed by atoms with E-state index in [0.29, 0.717) is 17.0 Å². The minimum Gasteiger partial charge on any atom is -0.435 e. The molecule has 4 rings (SSSR count). The Morgan fingerprint density at radius 1 is 1.14 bits per heavy atom. The summed E-state index contributed by atoms with van der Waals surface area (Å²) in [5.41, 5.74) is 1.06. The van der Waals surface area contributed by atoms with Gasteiger partial charge in [0, 0.05) is 16.8 Å². The molecule has 0 N–H and O–H groups in total. The van der Waals surface area contributed by atoms with Crippen LogP contribution in [0.5, 0.6) is 0 Å². The van der Waals surface area contributed by atoms with Gasteiger partial charge in [-0.1, -0.05) is 18.2 Å². The van der Waals surface area contributed by atoms with E-state index >= 15 is 0 Å². The fraction of sp³-hybridized carbons (Fsp3) is 0. The normalized spacial score (nSPS) is 11.2. The van der Waals surface area contributed by atoms with Crippen LogP contribution in [0.4, 0.5) is 5.69 Å². The molecule has 4 aromatic rings. The summed E-state index contributed by atoms with van der Waals surface area (Å²) in [5.74, 6) is 0.492. The van der Waals surface area contributed by atoms with Crippen LogP contribution in [-0.2, 0) is 0 Å². The van der Waals surface area contributed by atoms with Crippen molar-refractivity contribution in [2.24, 2.45) is 0 Å². The maximum absolute atomic E-state index is 10.8. The Bertz CT molecular complexity index is 954. The Morgan fingerprint density at radius 2 is 2.00 bits per heavy atom. The highest BCUT2D eigenvalue weighted by molar-refractivity contribution is 7.22. The van der Waals surface area contributed by atoms with E-state index in [1.807, 2.05) is 30.3 Å². The largest absolute Gasteiger partial charge is 0.435 e. The number of nitrogens with zero attached hydrogens (tertiary/aromatic N) is 2. The molecular weight excluding hydrogens is 288 g/mol. The van der Waals surface area contributed by atoms with Crippen molar-refractivity contribution in [1.29, 1.82) is 0 Å². The number of hydrogen-bond donors (Lipinski definition) is 0. The number of benzene rings is 2. The minimum absolute atomic E-state index is 0.0127. The van der Waals surface area contributed by atoms with E-state index in [9.17, 15) is 10.1 Å². The summed E-state index contributed by atoms with van der Waals surface area (Å²) in [6.45, 7) is 0. The summed E-state index contributed by atoms with van der Waals surface area (Å²) in [7, 11) is 0. The molecule has 0 atom stereocenters. The van der Waals surface area contributed by atoms with Crippen molar-refractivity contribution in [1.82, 2.24) is 4.98 Å². The van der Waals surface area contributed by atoms with Crippen LogP contribution in [0.15, 0.2) is 52.9 Å². The van der Waals surface area contributed by atoms with Crippen molar-refractivity contribution in [3.63, 3.8) is 0 Å². The van der Waals surface area contributed by atoms with Gasteiger partial charge in [0.25, 0.3) is 5.69 Å². The molecule has 0 spiro atoms. The molecule has 0 unspecified atom stereocenters. The van der Waals surface area contributed by atoms with E-state index in [1.54, 1.807) is 17.4 Å². The lowest BCUT2D eigenvalue weighted by Gasteiger charge is -1.88. The molecule has 0 aliphatic carbocycles. The van der Waals surface area contributed by atoms with Gasteiger partial charge in [0.2, 0.25) is 5.89 Å². The van der Waals surface area contributed by atoms with Crippen molar-refractivity contribution in [3.8, 4) is 10.8 Å². The summed E-state index contributed by atoms with van der Waals surface area (Å²) >= 11 is 1.59. The smallest absolute Gasteiger partial charge is 0.271 e. The molecule has 0 amide bonds. The quantitative estimate of drug-likeness (QED) is 0.400. The van der Waals surface area contributed by atoms with E-state index in [2.05, 4.69) is 4.98 Å². The number of rotatable bonds is 2. The number of oxazole rings is 1. The summed E-state index contributed by atoms with van der Waals surface area (Å²) in [4.78, 5) is 15.6. The van der Waals surface area contributed by atoms with Crippen LogP contribution >= 0.6 is 11.3 Å². The molecular formula is C15H8N2O3S. The standard InChI is InChI=1S/C15H8N2O3S/c18-17(19)10-5-6-12-11(8-10)16-15(20-12)14-7-9-3-1-2-4-13(9)21-14/h1-8H. The van der Waals surface area contributed by atoms with E-state index in [1.165, 1.54) is 12.1 Å². The number of thiophene rings is 1. The predicted octanol–water partition coefficient (Wildman–Crippen LogP) is 4.62. The maximum Gasteiger partial charge on any atom is 0.271 e. The lowest BCUT2D eigenvalue weighted by molar-refractivity contribution is -0.384. The second-order valence-corrected chi connectivity index (χ2v) is 5.66. The van der Waals surface area contributed by atoms with Gasteiger partial charge in [-0.25, -0.2) is 4.98 Å². The molecule has 2 aromatic carbocycles. The van der Waals surface area contributed by atoms with Crippen molar-refractivity contribution in [3.05, 3.63) is 58.6 Å². The third-order valence-corrected chi connectivity index (χ3v) is 4.32. The molecule has 102 valence electrons. The first-order valence-corrected chi connectivity index (χ1v) is 7.06. The van der Waals surface area contributed by atoms with Gasteiger partial charge in [-0.05, 0) is 23.6 Å². The average Bonchev–Trinajstić information content (AvgIpc) is 3.09. The van der Waals surface area contributed by atoms with Crippen LogP contribution in [0.1, 0.15) is 0 Å². The van der Waals surface area contributed by atoms with Gasteiger partial charge in [0.1, 0.15) is 5.52 Å². The molecule has 2 heterocycles. The molecule has 2 aromatic heterocycles. The highest BCUT2D eigenvalue weighted by atomic mass is 32.1. The van der Waals surface area contributed by atoms with Crippen LogP contribution in [0, 0.1) is 10.1 Å². The molecule has 0 fully saturated rings. The Hall–Kier alpha value is -2.73. The predicted molar refractivity (Wildman–Crippen MR) is 81.5 cm³/mol. The zero-order valence-electron chi connectivity index (χ0n) is 10.6. The van der Waals surface area contributed by atoms with E-state index < -0.39 is 4.92 Å². The Labute approximate surface area is 122 Å². The van der Waals surface area contributed by atoms with E-state index in [-0.39, 0.29) is 5.69 Å². The maximum atomic E-state index is 10.8. The molecule has 0 bridgehead atoms. The number of nitro groups is 1. The molecule has 5 nitrogen and oxygen atoms in total. The summed E-state index contributed by atoms with van der Waals surface area (Å²) < 4.78 is 6.85. The zero-order valence-corrected chi connectivity index (χ0v) is 11.5. The highest BCUT2D eigenvalue weighted by Crippen LogP contribution is 2.34. The van der Waals surface area contributed by atoms with Crippen molar-refractivity contribution in [2.75, 3.05) is 0 Å². The summed E-state index contributed by atoms with van der Waals surface area (Å²) in [5, 5.41) is 11.9. The highest BCUT2D eigenvalue weighted by Gasteiger charge is 2.14. The van der Waals surface area contributed by atoms with E-state index in [4.69, 9.17) is 4.42 Å². The zero-order chi connectivity index (χ0) is 14.4. The Morgan fingerprint density at radius 3 is 2.81 bits per heavy atom. The third-order valence-electron chi connectivity index (χ3n) is 3.22. The van der Waals surface area contributed by atoms with Gasteiger partial charge in [-0.3, -0.25) is 10.1 Å². The lowest BCUT2D eigenvalue weighted by atomic mass is 10.2. The van der Waals surface area contributed by atoms with Crippen LogP contribution in [0.25, 0.3) is 32.0 Å². The first kappa shape index (κ1) is 12.0. The Kier molecular flexibility index (Phi) is 2.52. The first-order valence-electron chi connectivity index (χ1n) is 6.25. The molecule has 0 saturated heterocycles. The number of hydrogen-bond acceptors (Lipinski definition) is 5. The van der Waals surface area contributed by atoms with Gasteiger partial charge in [-0.15, -0.1) is 11.3 Å². The molecule has 0 radical (unpaired) electrons. The SMILES string of the molecule is O=[N+]([O-])c1ccc2oc(-c3cc4ccccc4s3)nc2c1. The van der Waals surface area contributed by atoms with Crippen molar-refractivity contribution < 1.29 is 9.34 Å². The third kappa shape index (κ3) is 1.96. The Balaban J connectivity index is 1.87. The lowest BCUT2D eigenvalue weighted by Crippen LogP contribution is -1.86. The van der Waals surface area contributed by atoms with Crippen LogP contribution < -0.4 is 0 Å². The number of fused-ring (bicyclic) bond motifs is 2. The van der Waals surface area contributed by atoms with Crippen molar-refractivity contribution in [2.45, 2.75) is 0 Å². The van der Waals surface area contributed by atoms with E-state index in [0.717, 1.165) is 15.0 Å². The average molecular weight is 296 g/mol. The topological polar surface area (TPSA) is 69.2 Å². The number of aromatic nitrogens is 1. The number of nitro benzene ring substituents is 1. The van der Waals surface area contributed by atoms with Gasteiger partial charge < -0.3 is 4.42 Å². The van der Waals surface area contributed by atoms with Crippen molar-refractivity contribution >= 4 is 38.2 Å². The minimum atomic E-state index is -0.437. The van der Waals surface area contributed by atoms with Gasteiger partial charge in [-0.2, -0.15) is 0 Å². The summed E-state index contributed by atoms with van der Waals surface area (Å²) in [6.07, 6.45) is 0. The van der Waals surface area contributed by atoms with Gasteiger partial charge >= 0.3 is 0 Å². The van der Waals surface area contributed by atoms with Gasteiger partial charge in [0.05, 0.1) is 9.80 Å². The van der Waals surface area contributed by atoms with Gasteiger partial charge in [0.15, 0.2) is 5.58 Å². The first-order chi connectivity index (χ1) is 10.2. The van der Waals surface area contributed by atoms with Crippen LogP contribution in [-0.4, -0.2) is 9.91 Å². The number of non-ortho nitro benzene ring substituents is 1. The van der Waals surface area contributed by atoms with Crippen LogP contribution in [0.3, 0.4) is 0 Å². The fourth-order valence-corrected chi connectivity index (χ4v) is 3.21. The molecule has 0 saturated carbocycles. The second kappa shape index (κ2) is 4.39. The molecule has 0 aliphatic rings. The summed E-state index contributed by atoms with van der Waals surface area (Å²) in [6, 6.07) is 14.5. The second-order valence-electron chi connectivity index (χ2n) is 4.58. The molecule has 6 heteroatoms.